The third-order valence-electron chi connectivity index (χ3n) is 3.17. The van der Waals surface area contributed by atoms with E-state index in [0.29, 0.717) is 16.8 Å². The maximum atomic E-state index is 11.2. The summed E-state index contributed by atoms with van der Waals surface area (Å²) in [6, 6.07) is 0. The largest absolute Gasteiger partial charge is 0.494 e. The molecule has 7 nitrogen and oxygen atoms in total. The van der Waals surface area contributed by atoms with E-state index in [0.717, 1.165) is 17.5 Å². The van der Waals surface area contributed by atoms with Crippen LogP contribution in [-0.2, 0) is 4.79 Å². The molecule has 1 aliphatic rings. The monoisotopic (exact) mass is 370 g/mol. The van der Waals surface area contributed by atoms with Crippen LogP contribution in [0.3, 0.4) is 0 Å². The summed E-state index contributed by atoms with van der Waals surface area (Å²) in [7, 11) is 0. The standard InChI is InChI=1S/C12H11BrN4O3S/c1-2-16-10(18)9(12(19)20)21-11(16)6-3-15-8-4-14-7(13)5-17(6)8/h3-5,11,18H,2H2,1H3,(H,19,20). The van der Waals surface area contributed by atoms with Crippen LogP contribution in [0, 0.1) is 0 Å². The molecule has 0 saturated carbocycles. The Labute approximate surface area is 132 Å². The van der Waals surface area contributed by atoms with E-state index < -0.39 is 5.97 Å². The van der Waals surface area contributed by atoms with E-state index in [1.807, 2.05) is 11.3 Å². The maximum absolute atomic E-state index is 11.2. The molecule has 2 aromatic heterocycles. The first-order valence-electron chi connectivity index (χ1n) is 6.11. The lowest BCUT2D eigenvalue weighted by Crippen LogP contribution is -2.23. The number of aliphatic hydroxyl groups is 1. The quantitative estimate of drug-likeness (QED) is 0.856. The first-order chi connectivity index (χ1) is 10.0. The zero-order valence-electron chi connectivity index (χ0n) is 10.9. The van der Waals surface area contributed by atoms with E-state index in [-0.39, 0.29) is 16.2 Å². The number of halogens is 1. The molecule has 2 aromatic rings. The molecule has 0 spiro atoms. The fourth-order valence-corrected chi connectivity index (χ4v) is 3.74. The van der Waals surface area contributed by atoms with Gasteiger partial charge in [0.1, 0.15) is 9.98 Å². The number of thioether (sulfide) groups is 1. The lowest BCUT2D eigenvalue weighted by Gasteiger charge is -2.23. The number of aliphatic hydroxyl groups excluding tert-OH is 1. The van der Waals surface area contributed by atoms with E-state index in [4.69, 9.17) is 5.11 Å². The fraction of sp³-hybridized carbons (Fsp3) is 0.250. The Kier molecular flexibility index (Phi) is 3.54. The third-order valence-corrected chi connectivity index (χ3v) is 4.89. The molecule has 2 N–H and O–H groups in total. The normalized spacial score (nSPS) is 18.8. The highest BCUT2D eigenvalue weighted by Crippen LogP contribution is 2.46. The second-order valence-electron chi connectivity index (χ2n) is 4.34. The van der Waals surface area contributed by atoms with Crippen molar-refractivity contribution in [2.24, 2.45) is 0 Å². The molecule has 0 aliphatic carbocycles. The zero-order valence-corrected chi connectivity index (χ0v) is 13.3. The van der Waals surface area contributed by atoms with Crippen LogP contribution in [0.4, 0.5) is 0 Å². The van der Waals surface area contributed by atoms with E-state index >= 15 is 0 Å². The number of hydrogen-bond acceptors (Lipinski definition) is 6. The van der Waals surface area contributed by atoms with Crippen LogP contribution in [0.15, 0.2) is 34.0 Å². The second kappa shape index (κ2) is 5.23. The van der Waals surface area contributed by atoms with E-state index in [1.54, 1.807) is 23.5 Å². The maximum Gasteiger partial charge on any atom is 0.347 e. The number of carboxylic acid groups (broad SMARTS) is 1. The van der Waals surface area contributed by atoms with E-state index in [9.17, 15) is 9.90 Å². The van der Waals surface area contributed by atoms with Crippen molar-refractivity contribution in [3.05, 3.63) is 39.7 Å². The summed E-state index contributed by atoms with van der Waals surface area (Å²) in [4.78, 5) is 21.1. The number of aromatic nitrogens is 3. The highest BCUT2D eigenvalue weighted by atomic mass is 79.9. The number of rotatable bonds is 3. The number of fused-ring (bicyclic) bond motifs is 1. The molecule has 0 fully saturated rings. The van der Waals surface area contributed by atoms with Crippen LogP contribution in [-0.4, -0.2) is 42.0 Å². The van der Waals surface area contributed by atoms with Gasteiger partial charge in [-0.05, 0) is 22.9 Å². The number of aliphatic carboxylic acids is 1. The van der Waals surface area contributed by atoms with Gasteiger partial charge in [0.25, 0.3) is 0 Å². The topological polar surface area (TPSA) is 91.0 Å². The molecule has 0 aromatic carbocycles. The number of hydrogen-bond donors (Lipinski definition) is 2. The molecule has 0 radical (unpaired) electrons. The summed E-state index contributed by atoms with van der Waals surface area (Å²) < 4.78 is 2.48. The Morgan fingerprint density at radius 2 is 2.24 bits per heavy atom. The van der Waals surface area contributed by atoms with E-state index in [2.05, 4.69) is 25.9 Å². The summed E-state index contributed by atoms with van der Waals surface area (Å²) in [5, 5.41) is 18.9. The van der Waals surface area contributed by atoms with Gasteiger partial charge in [0.2, 0.25) is 5.88 Å². The van der Waals surface area contributed by atoms with Gasteiger partial charge in [0.15, 0.2) is 10.6 Å². The second-order valence-corrected chi connectivity index (χ2v) is 6.24. The van der Waals surface area contributed by atoms with Gasteiger partial charge in [0, 0.05) is 12.7 Å². The Morgan fingerprint density at radius 3 is 2.90 bits per heavy atom. The van der Waals surface area contributed by atoms with Gasteiger partial charge < -0.3 is 15.1 Å². The highest BCUT2D eigenvalue weighted by molar-refractivity contribution is 9.10. The Hall–Kier alpha value is -1.74. The van der Waals surface area contributed by atoms with Crippen molar-refractivity contribution in [3.63, 3.8) is 0 Å². The van der Waals surface area contributed by atoms with Crippen LogP contribution in [0.1, 0.15) is 18.0 Å². The lowest BCUT2D eigenvalue weighted by molar-refractivity contribution is -0.132. The van der Waals surface area contributed by atoms with E-state index in [1.165, 1.54) is 0 Å². The molecule has 1 atom stereocenters. The average Bonchev–Trinajstić information content (AvgIpc) is 2.98. The number of nitrogens with zero attached hydrogens (tertiary/aromatic N) is 4. The molecular weight excluding hydrogens is 360 g/mol. The van der Waals surface area contributed by atoms with Crippen molar-refractivity contribution >= 4 is 39.3 Å². The number of carboxylic acids is 1. The molecule has 0 amide bonds. The summed E-state index contributed by atoms with van der Waals surface area (Å²) in [5.74, 6) is -1.34. The van der Waals surface area contributed by atoms with Crippen LogP contribution in [0.2, 0.25) is 0 Å². The molecule has 0 bridgehead atoms. The molecule has 1 aliphatic heterocycles. The first-order valence-corrected chi connectivity index (χ1v) is 7.78. The molecule has 1 unspecified atom stereocenters. The number of imidazole rings is 1. The summed E-state index contributed by atoms with van der Waals surface area (Å²) in [6.45, 7) is 2.34. The number of carbonyl (C=O) groups is 1. The molecule has 9 heteroatoms. The third kappa shape index (κ3) is 2.26. The Balaban J connectivity index is 2.07. The minimum atomic E-state index is -1.13. The van der Waals surface area contributed by atoms with Crippen molar-refractivity contribution in [2.75, 3.05) is 6.54 Å². The SMILES string of the molecule is CCN1C(O)=C(C(=O)O)SC1c1cnc2cnc(Br)cn12. The van der Waals surface area contributed by atoms with Gasteiger partial charge in [0.05, 0.1) is 18.1 Å². The summed E-state index contributed by atoms with van der Waals surface area (Å²) in [5.41, 5.74) is 1.44. The average molecular weight is 371 g/mol. The van der Waals surface area contributed by atoms with Crippen molar-refractivity contribution in [1.29, 1.82) is 0 Å². The fourth-order valence-electron chi connectivity index (χ4n) is 2.22. The lowest BCUT2D eigenvalue weighted by atomic mass is 10.4. The van der Waals surface area contributed by atoms with Gasteiger partial charge in [-0.15, -0.1) is 0 Å². The van der Waals surface area contributed by atoms with Crippen LogP contribution in [0.25, 0.3) is 5.65 Å². The highest BCUT2D eigenvalue weighted by Gasteiger charge is 2.37. The van der Waals surface area contributed by atoms with Crippen LogP contribution >= 0.6 is 27.7 Å². The van der Waals surface area contributed by atoms with Gasteiger partial charge in [-0.1, -0.05) is 11.8 Å². The summed E-state index contributed by atoms with van der Waals surface area (Å²) >= 11 is 4.40. The zero-order chi connectivity index (χ0) is 15.1. The minimum Gasteiger partial charge on any atom is -0.494 e. The predicted molar refractivity (Wildman–Crippen MR) is 80.7 cm³/mol. The molecule has 0 saturated heterocycles. The van der Waals surface area contributed by atoms with Gasteiger partial charge in [-0.3, -0.25) is 4.40 Å². The molecule has 3 heterocycles. The van der Waals surface area contributed by atoms with Crippen LogP contribution < -0.4 is 0 Å². The summed E-state index contributed by atoms with van der Waals surface area (Å²) in [6.07, 6.45) is 5.05. The predicted octanol–water partition coefficient (Wildman–Crippen LogP) is 2.37. The molecule has 110 valence electrons. The van der Waals surface area contributed by atoms with Gasteiger partial charge in [-0.25, -0.2) is 14.8 Å². The molecule has 3 rings (SSSR count). The van der Waals surface area contributed by atoms with Crippen molar-refractivity contribution < 1.29 is 15.0 Å². The van der Waals surface area contributed by atoms with Crippen LogP contribution in [0.5, 0.6) is 0 Å². The Morgan fingerprint density at radius 1 is 1.48 bits per heavy atom. The van der Waals surface area contributed by atoms with Crippen molar-refractivity contribution in [2.45, 2.75) is 12.3 Å². The minimum absolute atomic E-state index is 0.0510. The van der Waals surface area contributed by atoms with Crippen molar-refractivity contribution in [3.8, 4) is 0 Å². The molecule has 21 heavy (non-hydrogen) atoms. The first kappa shape index (κ1) is 14.2. The Bertz CT molecular complexity index is 760. The molecular formula is C12H11BrN4O3S. The smallest absolute Gasteiger partial charge is 0.347 e. The van der Waals surface area contributed by atoms with Gasteiger partial charge in [-0.2, -0.15) is 0 Å². The van der Waals surface area contributed by atoms with Gasteiger partial charge >= 0.3 is 5.97 Å². The van der Waals surface area contributed by atoms with Crippen molar-refractivity contribution in [1.82, 2.24) is 19.3 Å².